The van der Waals surface area contributed by atoms with Gasteiger partial charge in [-0.15, -0.1) is 11.3 Å². The summed E-state index contributed by atoms with van der Waals surface area (Å²) in [4.78, 5) is 16.8. The fourth-order valence-corrected chi connectivity index (χ4v) is 4.81. The predicted molar refractivity (Wildman–Crippen MR) is 112 cm³/mol. The van der Waals surface area contributed by atoms with Gasteiger partial charge in [0.2, 0.25) is 0 Å². The molecular weight excluding hydrogens is 374 g/mol. The van der Waals surface area contributed by atoms with Crippen molar-refractivity contribution in [3.63, 3.8) is 0 Å². The zero-order valence-electron chi connectivity index (χ0n) is 16.5. The minimum Gasteiger partial charge on any atom is -0.493 e. The van der Waals surface area contributed by atoms with Gasteiger partial charge in [0.1, 0.15) is 10.5 Å². The van der Waals surface area contributed by atoms with Crippen LogP contribution in [0.15, 0.2) is 24.3 Å². The molecule has 2 aromatic heterocycles. The number of likely N-dealkylation sites (tertiary alicyclic amines) is 1. The van der Waals surface area contributed by atoms with E-state index in [0.29, 0.717) is 11.5 Å². The lowest BCUT2D eigenvalue weighted by molar-refractivity contribution is 0.0766. The largest absolute Gasteiger partial charge is 0.493 e. The summed E-state index contributed by atoms with van der Waals surface area (Å²) in [6.07, 6.45) is 4.61. The minimum absolute atomic E-state index is 0.140. The van der Waals surface area contributed by atoms with E-state index in [1.807, 2.05) is 40.9 Å². The highest BCUT2D eigenvalue weighted by Gasteiger charge is 2.23. The topological polar surface area (TPSA) is 56.6 Å². The summed E-state index contributed by atoms with van der Waals surface area (Å²) in [5.74, 6) is 1.48. The Hall–Kier alpha value is -2.54. The van der Waals surface area contributed by atoms with Crippen LogP contribution in [0, 0.1) is 0 Å². The average molecular weight is 400 g/mol. The standard InChI is InChI=1S/C21H25N3O3S/c1-23-21-15(13-18(28-21)20(25)24-10-6-4-5-7-11-24)19(22-23)14-8-9-16(26-2)17(12-14)27-3/h8-9,12-13H,4-7,10-11H2,1-3H3. The summed E-state index contributed by atoms with van der Waals surface area (Å²) < 4.78 is 12.6. The summed E-state index contributed by atoms with van der Waals surface area (Å²) in [6.45, 7) is 1.71. The van der Waals surface area contributed by atoms with Crippen LogP contribution in [-0.4, -0.2) is 47.9 Å². The number of benzene rings is 1. The van der Waals surface area contributed by atoms with Crippen LogP contribution in [0.2, 0.25) is 0 Å². The Bertz CT molecular complexity index is 1000. The Morgan fingerprint density at radius 1 is 1.04 bits per heavy atom. The monoisotopic (exact) mass is 399 g/mol. The molecule has 1 aliphatic rings. The van der Waals surface area contributed by atoms with E-state index in [2.05, 4.69) is 5.10 Å². The number of carbonyl (C=O) groups is 1. The van der Waals surface area contributed by atoms with E-state index in [1.54, 1.807) is 14.2 Å². The first-order valence-corrected chi connectivity index (χ1v) is 10.4. The number of carbonyl (C=O) groups excluding carboxylic acids is 1. The van der Waals surface area contributed by atoms with Crippen molar-refractivity contribution in [2.75, 3.05) is 27.3 Å². The maximum absolute atomic E-state index is 13.0. The SMILES string of the molecule is COc1ccc(-c2nn(C)c3sc(C(=O)N4CCCCCC4)cc23)cc1OC. The molecule has 3 aromatic rings. The normalized spacial score (nSPS) is 14.9. The summed E-state index contributed by atoms with van der Waals surface area (Å²) in [6, 6.07) is 7.77. The molecule has 0 bridgehead atoms. The average Bonchev–Trinajstić information content (AvgIpc) is 3.15. The lowest BCUT2D eigenvalue weighted by Gasteiger charge is -2.19. The number of fused-ring (bicyclic) bond motifs is 1. The summed E-state index contributed by atoms with van der Waals surface area (Å²) in [5.41, 5.74) is 1.79. The summed E-state index contributed by atoms with van der Waals surface area (Å²) in [5, 5.41) is 5.68. The lowest BCUT2D eigenvalue weighted by atomic mass is 10.1. The van der Waals surface area contributed by atoms with Crippen LogP contribution in [0.25, 0.3) is 21.5 Å². The molecule has 1 aromatic carbocycles. The molecule has 148 valence electrons. The number of methoxy groups -OCH3 is 2. The van der Waals surface area contributed by atoms with Gasteiger partial charge < -0.3 is 14.4 Å². The molecule has 4 rings (SSSR count). The van der Waals surface area contributed by atoms with Gasteiger partial charge in [0.05, 0.1) is 19.1 Å². The maximum Gasteiger partial charge on any atom is 0.264 e. The molecule has 0 radical (unpaired) electrons. The Kier molecular flexibility index (Phi) is 5.26. The van der Waals surface area contributed by atoms with Crippen molar-refractivity contribution in [3.05, 3.63) is 29.1 Å². The van der Waals surface area contributed by atoms with Crippen LogP contribution >= 0.6 is 11.3 Å². The smallest absolute Gasteiger partial charge is 0.264 e. The highest BCUT2D eigenvalue weighted by atomic mass is 32.1. The van der Waals surface area contributed by atoms with Gasteiger partial charge in [-0.3, -0.25) is 9.48 Å². The van der Waals surface area contributed by atoms with Crippen LogP contribution in [0.5, 0.6) is 11.5 Å². The van der Waals surface area contributed by atoms with Crippen molar-refractivity contribution in [1.29, 1.82) is 0 Å². The van der Waals surface area contributed by atoms with Crippen LogP contribution in [0.3, 0.4) is 0 Å². The summed E-state index contributed by atoms with van der Waals surface area (Å²) >= 11 is 1.52. The number of hydrogen-bond donors (Lipinski definition) is 0. The number of ether oxygens (including phenoxy) is 2. The van der Waals surface area contributed by atoms with Crippen molar-refractivity contribution in [1.82, 2.24) is 14.7 Å². The Labute approximate surface area is 168 Å². The van der Waals surface area contributed by atoms with E-state index in [1.165, 1.54) is 24.2 Å². The third-order valence-corrected chi connectivity index (χ3v) is 6.46. The molecule has 0 saturated carbocycles. The van der Waals surface area contributed by atoms with Crippen molar-refractivity contribution >= 4 is 27.5 Å². The number of rotatable bonds is 4. The fraction of sp³-hybridized carbons (Fsp3) is 0.429. The van der Waals surface area contributed by atoms with E-state index in [4.69, 9.17) is 9.47 Å². The quantitative estimate of drug-likeness (QED) is 0.655. The van der Waals surface area contributed by atoms with Crippen molar-refractivity contribution < 1.29 is 14.3 Å². The number of amides is 1. The molecule has 0 unspecified atom stereocenters. The van der Waals surface area contributed by atoms with Crippen LogP contribution in [0.1, 0.15) is 35.4 Å². The molecule has 1 aliphatic heterocycles. The van der Waals surface area contributed by atoms with Crippen molar-refractivity contribution in [2.24, 2.45) is 7.05 Å². The van der Waals surface area contributed by atoms with E-state index in [0.717, 1.165) is 52.3 Å². The molecule has 7 heteroatoms. The third-order valence-electron chi connectivity index (χ3n) is 5.27. The first-order valence-electron chi connectivity index (χ1n) is 9.60. The van der Waals surface area contributed by atoms with Gasteiger partial charge in [0, 0.05) is 31.1 Å². The van der Waals surface area contributed by atoms with E-state index in [-0.39, 0.29) is 5.91 Å². The van der Waals surface area contributed by atoms with Gasteiger partial charge in [0.15, 0.2) is 11.5 Å². The molecule has 6 nitrogen and oxygen atoms in total. The highest BCUT2D eigenvalue weighted by molar-refractivity contribution is 7.20. The number of hydrogen-bond acceptors (Lipinski definition) is 5. The fourth-order valence-electron chi connectivity index (χ4n) is 3.77. The van der Waals surface area contributed by atoms with Gasteiger partial charge in [-0.05, 0) is 37.1 Å². The molecular formula is C21H25N3O3S. The molecule has 0 atom stereocenters. The molecule has 3 heterocycles. The van der Waals surface area contributed by atoms with Gasteiger partial charge >= 0.3 is 0 Å². The van der Waals surface area contributed by atoms with Crippen molar-refractivity contribution in [2.45, 2.75) is 25.7 Å². The third kappa shape index (κ3) is 3.35. The van der Waals surface area contributed by atoms with E-state index < -0.39 is 0 Å². The van der Waals surface area contributed by atoms with E-state index in [9.17, 15) is 4.79 Å². The highest BCUT2D eigenvalue weighted by Crippen LogP contribution is 2.37. The van der Waals surface area contributed by atoms with Crippen LogP contribution in [0.4, 0.5) is 0 Å². The number of nitrogens with zero attached hydrogens (tertiary/aromatic N) is 3. The maximum atomic E-state index is 13.0. The Morgan fingerprint density at radius 3 is 2.43 bits per heavy atom. The zero-order valence-corrected chi connectivity index (χ0v) is 17.3. The van der Waals surface area contributed by atoms with Crippen LogP contribution in [-0.2, 0) is 7.05 Å². The molecule has 1 saturated heterocycles. The molecule has 1 fully saturated rings. The van der Waals surface area contributed by atoms with Gasteiger partial charge in [-0.25, -0.2) is 0 Å². The second-order valence-electron chi connectivity index (χ2n) is 7.08. The molecule has 0 spiro atoms. The molecule has 28 heavy (non-hydrogen) atoms. The van der Waals surface area contributed by atoms with Crippen molar-refractivity contribution in [3.8, 4) is 22.8 Å². The number of aromatic nitrogens is 2. The second-order valence-corrected chi connectivity index (χ2v) is 8.11. The lowest BCUT2D eigenvalue weighted by Crippen LogP contribution is -2.31. The first kappa shape index (κ1) is 18.8. The Morgan fingerprint density at radius 2 is 1.75 bits per heavy atom. The Balaban J connectivity index is 1.72. The van der Waals surface area contributed by atoms with Gasteiger partial charge in [-0.2, -0.15) is 5.10 Å². The zero-order chi connectivity index (χ0) is 19.7. The first-order chi connectivity index (χ1) is 13.6. The van der Waals surface area contributed by atoms with Gasteiger partial charge in [-0.1, -0.05) is 12.8 Å². The molecule has 0 aliphatic carbocycles. The summed E-state index contributed by atoms with van der Waals surface area (Å²) in [7, 11) is 5.16. The van der Waals surface area contributed by atoms with E-state index >= 15 is 0 Å². The molecule has 1 amide bonds. The predicted octanol–water partition coefficient (Wildman–Crippen LogP) is 4.34. The second kappa shape index (κ2) is 7.83. The number of thiophene rings is 1. The number of aryl methyl sites for hydroxylation is 1. The molecule has 0 N–H and O–H groups in total. The van der Waals surface area contributed by atoms with Gasteiger partial charge in [0.25, 0.3) is 5.91 Å². The van der Waals surface area contributed by atoms with Crippen LogP contribution < -0.4 is 9.47 Å². The minimum atomic E-state index is 0.140.